The number of hydrogen-bond donors (Lipinski definition) is 1. The fourth-order valence-corrected chi connectivity index (χ4v) is 2.79. The third kappa shape index (κ3) is 2.35. The molecular formula is C13H11ClO2S. The van der Waals surface area contributed by atoms with Crippen LogP contribution in [0, 0.1) is 13.8 Å². The molecule has 0 fully saturated rings. The van der Waals surface area contributed by atoms with E-state index in [4.69, 9.17) is 16.7 Å². The van der Waals surface area contributed by atoms with Crippen molar-refractivity contribution in [3.8, 4) is 10.4 Å². The van der Waals surface area contributed by atoms with Crippen LogP contribution in [0.5, 0.6) is 0 Å². The summed E-state index contributed by atoms with van der Waals surface area (Å²) in [5.41, 5.74) is 3.10. The molecule has 1 N–H and O–H groups in total. The van der Waals surface area contributed by atoms with Crippen molar-refractivity contribution in [2.45, 2.75) is 13.8 Å². The van der Waals surface area contributed by atoms with Crippen molar-refractivity contribution in [2.24, 2.45) is 0 Å². The normalized spacial score (nSPS) is 10.5. The molecule has 0 aliphatic rings. The summed E-state index contributed by atoms with van der Waals surface area (Å²) in [4.78, 5) is 12.2. The Morgan fingerprint density at radius 2 is 1.94 bits per heavy atom. The Kier molecular flexibility index (Phi) is 3.22. The number of hydrogen-bond acceptors (Lipinski definition) is 2. The number of carboxylic acids is 1. The van der Waals surface area contributed by atoms with Gasteiger partial charge in [-0.2, -0.15) is 0 Å². The maximum Gasteiger partial charge on any atom is 0.345 e. The summed E-state index contributed by atoms with van der Waals surface area (Å²) in [6, 6.07) is 7.37. The van der Waals surface area contributed by atoms with Crippen LogP contribution < -0.4 is 0 Å². The van der Waals surface area contributed by atoms with Crippen molar-refractivity contribution in [1.82, 2.24) is 0 Å². The zero-order chi connectivity index (χ0) is 12.6. The van der Waals surface area contributed by atoms with Crippen LogP contribution in [0.4, 0.5) is 0 Å². The highest BCUT2D eigenvalue weighted by Crippen LogP contribution is 2.33. The van der Waals surface area contributed by atoms with E-state index in [1.165, 1.54) is 11.3 Å². The van der Waals surface area contributed by atoms with Gasteiger partial charge in [0.2, 0.25) is 0 Å². The van der Waals surface area contributed by atoms with E-state index in [2.05, 4.69) is 0 Å². The molecule has 0 aliphatic carbocycles. The van der Waals surface area contributed by atoms with Crippen LogP contribution in [-0.2, 0) is 0 Å². The highest BCUT2D eigenvalue weighted by atomic mass is 35.5. The van der Waals surface area contributed by atoms with Crippen LogP contribution in [-0.4, -0.2) is 11.1 Å². The molecule has 0 unspecified atom stereocenters. The summed E-state index contributed by atoms with van der Waals surface area (Å²) in [7, 11) is 0. The molecule has 0 atom stereocenters. The second-order valence-electron chi connectivity index (χ2n) is 3.89. The predicted octanol–water partition coefficient (Wildman–Crippen LogP) is 4.38. The third-order valence-electron chi connectivity index (χ3n) is 2.59. The third-order valence-corrected chi connectivity index (χ3v) is 4.10. The Hall–Kier alpha value is -1.32. The lowest BCUT2D eigenvalue weighted by atomic mass is 10.0. The SMILES string of the molecule is Cc1cc(-c2ccc(C(=O)O)s2)c(C)cc1Cl. The van der Waals surface area contributed by atoms with Crippen LogP contribution in [0.15, 0.2) is 24.3 Å². The first kappa shape index (κ1) is 12.1. The number of rotatable bonds is 2. The van der Waals surface area contributed by atoms with Gasteiger partial charge in [-0.1, -0.05) is 11.6 Å². The molecular weight excluding hydrogens is 256 g/mol. The number of aryl methyl sites for hydroxylation is 2. The number of aromatic carboxylic acids is 1. The fourth-order valence-electron chi connectivity index (χ4n) is 1.64. The Bertz CT molecular complexity index is 587. The van der Waals surface area contributed by atoms with Crippen molar-refractivity contribution in [3.05, 3.63) is 45.3 Å². The Balaban J connectivity index is 2.52. The number of thiophene rings is 1. The molecule has 0 saturated carbocycles. The minimum Gasteiger partial charge on any atom is -0.477 e. The number of carboxylic acid groups (broad SMARTS) is 1. The van der Waals surface area contributed by atoms with Crippen molar-refractivity contribution < 1.29 is 9.90 Å². The molecule has 1 aromatic heterocycles. The minimum absolute atomic E-state index is 0.354. The van der Waals surface area contributed by atoms with Crippen molar-refractivity contribution in [1.29, 1.82) is 0 Å². The second kappa shape index (κ2) is 4.51. The second-order valence-corrected chi connectivity index (χ2v) is 5.38. The van der Waals surface area contributed by atoms with Gasteiger partial charge < -0.3 is 5.11 Å². The maximum atomic E-state index is 10.8. The zero-order valence-electron chi connectivity index (χ0n) is 9.45. The van der Waals surface area contributed by atoms with Crippen molar-refractivity contribution in [3.63, 3.8) is 0 Å². The van der Waals surface area contributed by atoms with E-state index < -0.39 is 5.97 Å². The molecule has 1 heterocycles. The monoisotopic (exact) mass is 266 g/mol. The topological polar surface area (TPSA) is 37.3 Å². The van der Waals surface area contributed by atoms with Gasteiger partial charge in [0.15, 0.2) is 0 Å². The average molecular weight is 267 g/mol. The van der Waals surface area contributed by atoms with Gasteiger partial charge in [-0.25, -0.2) is 4.79 Å². The molecule has 0 spiro atoms. The molecule has 0 saturated heterocycles. The molecule has 2 rings (SSSR count). The zero-order valence-corrected chi connectivity index (χ0v) is 11.0. The molecule has 0 bridgehead atoms. The van der Waals surface area contributed by atoms with Crippen LogP contribution in [0.25, 0.3) is 10.4 Å². The lowest BCUT2D eigenvalue weighted by molar-refractivity contribution is 0.0702. The van der Waals surface area contributed by atoms with Gasteiger partial charge in [-0.3, -0.25) is 0 Å². The van der Waals surface area contributed by atoms with E-state index in [0.717, 1.165) is 26.6 Å². The molecule has 0 amide bonds. The predicted molar refractivity (Wildman–Crippen MR) is 71.2 cm³/mol. The summed E-state index contributed by atoms with van der Waals surface area (Å²) in [6.07, 6.45) is 0. The Labute approximate surface area is 108 Å². The van der Waals surface area contributed by atoms with E-state index in [9.17, 15) is 4.79 Å². The standard InChI is InChI=1S/C13H11ClO2S/c1-7-6-10(14)8(2)5-9(7)11-3-4-12(17-11)13(15)16/h3-6H,1-2H3,(H,15,16). The molecule has 88 valence electrons. The Morgan fingerprint density at radius 1 is 1.24 bits per heavy atom. The molecule has 2 nitrogen and oxygen atoms in total. The first-order chi connectivity index (χ1) is 7.99. The van der Waals surface area contributed by atoms with Gasteiger partial charge in [0, 0.05) is 9.90 Å². The summed E-state index contributed by atoms with van der Waals surface area (Å²) in [5.74, 6) is -0.885. The minimum atomic E-state index is -0.885. The fraction of sp³-hybridized carbons (Fsp3) is 0.154. The van der Waals surface area contributed by atoms with Crippen LogP contribution in [0.1, 0.15) is 20.8 Å². The summed E-state index contributed by atoms with van der Waals surface area (Å²) in [6.45, 7) is 3.91. The summed E-state index contributed by atoms with van der Waals surface area (Å²) in [5, 5.41) is 9.64. The highest BCUT2D eigenvalue weighted by Gasteiger charge is 2.11. The maximum absolute atomic E-state index is 10.8. The van der Waals surface area contributed by atoms with E-state index in [-0.39, 0.29) is 0 Å². The van der Waals surface area contributed by atoms with Gasteiger partial charge in [-0.05, 0) is 54.8 Å². The number of halogens is 1. The lowest BCUT2D eigenvalue weighted by Crippen LogP contribution is -1.89. The van der Waals surface area contributed by atoms with E-state index in [0.29, 0.717) is 4.88 Å². The summed E-state index contributed by atoms with van der Waals surface area (Å²) >= 11 is 7.32. The molecule has 1 aromatic carbocycles. The highest BCUT2D eigenvalue weighted by molar-refractivity contribution is 7.17. The average Bonchev–Trinajstić information content (AvgIpc) is 2.72. The first-order valence-electron chi connectivity index (χ1n) is 5.09. The van der Waals surface area contributed by atoms with Gasteiger partial charge in [0.05, 0.1) is 0 Å². The number of carbonyl (C=O) groups is 1. The number of benzene rings is 1. The summed E-state index contributed by atoms with van der Waals surface area (Å²) < 4.78 is 0. The van der Waals surface area contributed by atoms with E-state index in [1.54, 1.807) is 6.07 Å². The molecule has 17 heavy (non-hydrogen) atoms. The first-order valence-corrected chi connectivity index (χ1v) is 6.28. The molecule has 0 aliphatic heterocycles. The van der Waals surface area contributed by atoms with Gasteiger partial charge in [-0.15, -0.1) is 11.3 Å². The van der Waals surface area contributed by atoms with Crippen LogP contribution >= 0.6 is 22.9 Å². The van der Waals surface area contributed by atoms with Gasteiger partial charge in [0.25, 0.3) is 0 Å². The largest absolute Gasteiger partial charge is 0.477 e. The van der Waals surface area contributed by atoms with Crippen molar-refractivity contribution >= 4 is 28.9 Å². The van der Waals surface area contributed by atoms with Crippen LogP contribution in [0.3, 0.4) is 0 Å². The molecule has 2 aromatic rings. The van der Waals surface area contributed by atoms with E-state index >= 15 is 0 Å². The van der Waals surface area contributed by atoms with E-state index in [1.807, 2.05) is 32.0 Å². The molecule has 0 radical (unpaired) electrons. The Morgan fingerprint density at radius 3 is 2.53 bits per heavy atom. The molecule has 4 heteroatoms. The van der Waals surface area contributed by atoms with Gasteiger partial charge in [0.1, 0.15) is 4.88 Å². The van der Waals surface area contributed by atoms with Crippen molar-refractivity contribution in [2.75, 3.05) is 0 Å². The quantitative estimate of drug-likeness (QED) is 0.876. The van der Waals surface area contributed by atoms with Crippen LogP contribution in [0.2, 0.25) is 5.02 Å². The lowest BCUT2D eigenvalue weighted by Gasteiger charge is -2.06. The smallest absolute Gasteiger partial charge is 0.345 e. The van der Waals surface area contributed by atoms with Gasteiger partial charge >= 0.3 is 5.97 Å².